The van der Waals surface area contributed by atoms with Crippen molar-refractivity contribution in [2.75, 3.05) is 34.3 Å². The quantitative estimate of drug-likeness (QED) is 0.174. The first-order chi connectivity index (χ1) is 5.83. The van der Waals surface area contributed by atoms with E-state index in [0.29, 0.717) is 12.2 Å². The van der Waals surface area contributed by atoms with Gasteiger partial charge in [-0.05, 0) is 6.92 Å². The minimum Gasteiger partial charge on any atom is -1.00 e. The molecule has 0 aromatic heterocycles. The average molecular weight is 224 g/mol. The summed E-state index contributed by atoms with van der Waals surface area (Å²) in [7, 11) is 6.10. The highest BCUT2D eigenvalue weighted by Crippen LogP contribution is 1.94. The zero-order valence-electron chi connectivity index (χ0n) is 9.17. The molecule has 0 N–H and O–H groups in total. The number of rotatable bonds is 5. The number of likely N-dealkylation sites (N-methyl/N-ethyl adjacent to an activating group) is 1. The van der Waals surface area contributed by atoms with Gasteiger partial charge in [0.15, 0.2) is 0 Å². The Kier molecular flexibility index (Phi) is 7.72. The Morgan fingerprint density at radius 3 is 2.21 bits per heavy atom. The van der Waals surface area contributed by atoms with Gasteiger partial charge in [-0.25, -0.2) is 4.79 Å². The third-order valence-corrected chi connectivity index (χ3v) is 1.33. The Bertz CT molecular complexity index is 199. The molecule has 0 atom stereocenters. The van der Waals surface area contributed by atoms with Gasteiger partial charge in [0.2, 0.25) is 0 Å². The molecule has 0 aliphatic carbocycles. The van der Waals surface area contributed by atoms with Crippen LogP contribution in [0.3, 0.4) is 0 Å². The first kappa shape index (κ1) is 15.9. The Labute approximate surface area is 91.4 Å². The van der Waals surface area contributed by atoms with E-state index < -0.39 is 5.97 Å². The summed E-state index contributed by atoms with van der Waals surface area (Å²) in [5.74, 6) is -0.513. The van der Waals surface area contributed by atoms with Crippen LogP contribution in [-0.2, 0) is 14.6 Å². The van der Waals surface area contributed by atoms with Crippen LogP contribution in [-0.4, -0.2) is 44.7 Å². The molecule has 0 saturated heterocycles. The number of halogens is 1. The van der Waals surface area contributed by atoms with Gasteiger partial charge < -0.3 is 16.9 Å². The minimum absolute atomic E-state index is 0. The van der Waals surface area contributed by atoms with Gasteiger partial charge >= 0.3 is 5.97 Å². The minimum atomic E-state index is -0.513. The van der Waals surface area contributed by atoms with Crippen molar-refractivity contribution in [1.82, 2.24) is 0 Å². The predicted octanol–water partition coefficient (Wildman–Crippen LogP) is -2.25. The lowest BCUT2D eigenvalue weighted by atomic mass is 10.4. The van der Waals surface area contributed by atoms with Crippen molar-refractivity contribution >= 4 is 5.97 Å². The highest BCUT2D eigenvalue weighted by atomic mass is 35.5. The van der Waals surface area contributed by atoms with Gasteiger partial charge in [0.25, 0.3) is 0 Å². The number of hydrogen-bond donors (Lipinski definition) is 0. The summed E-state index contributed by atoms with van der Waals surface area (Å²) in [5.41, 5.74) is 0.338. The molecule has 0 fully saturated rings. The molecule has 0 unspecified atom stereocenters. The molecule has 0 aliphatic rings. The third-order valence-electron chi connectivity index (χ3n) is 1.33. The van der Waals surface area contributed by atoms with E-state index in [2.05, 4.69) is 11.5 Å². The molecule has 0 radical (unpaired) electrons. The second-order valence-corrected chi connectivity index (χ2v) is 3.99. The second kappa shape index (κ2) is 6.81. The third kappa shape index (κ3) is 9.51. The smallest absolute Gasteiger partial charge is 0.368 e. The van der Waals surface area contributed by atoms with E-state index >= 15 is 0 Å². The van der Waals surface area contributed by atoms with Crippen LogP contribution in [0.5, 0.6) is 0 Å². The van der Waals surface area contributed by atoms with E-state index in [4.69, 9.17) is 4.89 Å². The van der Waals surface area contributed by atoms with Crippen molar-refractivity contribution in [3.8, 4) is 0 Å². The maximum atomic E-state index is 10.8. The molecule has 0 aromatic carbocycles. The summed E-state index contributed by atoms with van der Waals surface area (Å²) in [5, 5.41) is 0. The van der Waals surface area contributed by atoms with E-state index in [1.54, 1.807) is 6.92 Å². The number of nitrogens with zero attached hydrogens (tertiary/aromatic N) is 1. The fourth-order valence-electron chi connectivity index (χ4n) is 0.477. The molecule has 0 bridgehead atoms. The first-order valence-electron chi connectivity index (χ1n) is 4.13. The van der Waals surface area contributed by atoms with Crippen LogP contribution in [0.2, 0.25) is 0 Å². The molecule has 0 spiro atoms. The van der Waals surface area contributed by atoms with E-state index in [1.807, 2.05) is 21.1 Å². The Balaban J connectivity index is 0. The Morgan fingerprint density at radius 2 is 1.86 bits per heavy atom. The lowest BCUT2D eigenvalue weighted by molar-refractivity contribution is -0.871. The summed E-state index contributed by atoms with van der Waals surface area (Å²) in [6.07, 6.45) is 0. The van der Waals surface area contributed by atoms with Crippen molar-refractivity contribution in [1.29, 1.82) is 0 Å². The van der Waals surface area contributed by atoms with Crippen LogP contribution in [0.1, 0.15) is 6.92 Å². The molecule has 0 aliphatic heterocycles. The summed E-state index contributed by atoms with van der Waals surface area (Å²) in [6, 6.07) is 0. The van der Waals surface area contributed by atoms with Gasteiger partial charge in [-0.15, -0.1) is 0 Å². The molecule has 5 heteroatoms. The van der Waals surface area contributed by atoms with Crippen molar-refractivity contribution in [3.05, 3.63) is 12.2 Å². The molecule has 14 heavy (non-hydrogen) atoms. The van der Waals surface area contributed by atoms with Crippen LogP contribution in [0.25, 0.3) is 0 Å². The van der Waals surface area contributed by atoms with Gasteiger partial charge in [0, 0.05) is 5.57 Å². The number of carbonyl (C=O) groups excluding carboxylic acids is 1. The molecule has 84 valence electrons. The molecular weight excluding hydrogens is 206 g/mol. The first-order valence-corrected chi connectivity index (χ1v) is 4.13. The van der Waals surface area contributed by atoms with Gasteiger partial charge in [-0.3, -0.25) is 4.89 Å². The van der Waals surface area contributed by atoms with Crippen LogP contribution in [0.15, 0.2) is 12.2 Å². The van der Waals surface area contributed by atoms with Gasteiger partial charge in [-0.2, -0.15) is 4.89 Å². The van der Waals surface area contributed by atoms with E-state index in [1.165, 1.54) is 0 Å². The standard InChI is InChI=1S/C9H18NO3.ClH/c1-8(2)9(11)13-12-7-6-10(3,4)5;/h1,6-7H2,2-5H3;1H/q+1;/p-1. The summed E-state index contributed by atoms with van der Waals surface area (Å²) in [4.78, 5) is 20.0. The van der Waals surface area contributed by atoms with Gasteiger partial charge in [-0.1, -0.05) is 6.58 Å². The van der Waals surface area contributed by atoms with Gasteiger partial charge in [0.1, 0.15) is 13.2 Å². The monoisotopic (exact) mass is 223 g/mol. The van der Waals surface area contributed by atoms with E-state index in [0.717, 1.165) is 11.0 Å². The fraction of sp³-hybridized carbons (Fsp3) is 0.667. The molecule has 4 nitrogen and oxygen atoms in total. The van der Waals surface area contributed by atoms with Crippen molar-refractivity contribution in [2.24, 2.45) is 0 Å². The molecule has 0 amide bonds. The highest BCUT2D eigenvalue weighted by molar-refractivity contribution is 5.86. The Hall–Kier alpha value is -0.580. The number of quaternary nitrogens is 1. The summed E-state index contributed by atoms with van der Waals surface area (Å²) < 4.78 is 0.768. The van der Waals surface area contributed by atoms with Gasteiger partial charge in [0.05, 0.1) is 21.1 Å². The average Bonchev–Trinajstić information content (AvgIpc) is 1.95. The largest absolute Gasteiger partial charge is 1.00 e. The fourth-order valence-corrected chi connectivity index (χ4v) is 0.477. The van der Waals surface area contributed by atoms with Crippen LogP contribution >= 0.6 is 0 Å². The van der Waals surface area contributed by atoms with Crippen molar-refractivity contribution in [2.45, 2.75) is 6.92 Å². The van der Waals surface area contributed by atoms with Crippen LogP contribution < -0.4 is 12.4 Å². The lowest BCUT2D eigenvalue weighted by Crippen LogP contribution is -3.00. The van der Waals surface area contributed by atoms with Crippen LogP contribution in [0.4, 0.5) is 0 Å². The van der Waals surface area contributed by atoms with Crippen LogP contribution in [0, 0.1) is 0 Å². The maximum absolute atomic E-state index is 10.8. The number of hydrogen-bond acceptors (Lipinski definition) is 3. The highest BCUT2D eigenvalue weighted by Gasteiger charge is 2.08. The molecule has 0 rings (SSSR count). The summed E-state index contributed by atoms with van der Waals surface area (Å²) in [6.45, 7) is 6.17. The number of carbonyl (C=O) groups is 1. The van der Waals surface area contributed by atoms with E-state index in [9.17, 15) is 4.79 Å². The van der Waals surface area contributed by atoms with E-state index in [-0.39, 0.29) is 12.4 Å². The SMILES string of the molecule is C=C(C)C(=O)OOCC[N+](C)(C)C.[Cl-]. The predicted molar refractivity (Wildman–Crippen MR) is 49.8 cm³/mol. The zero-order valence-corrected chi connectivity index (χ0v) is 9.93. The Morgan fingerprint density at radius 1 is 1.36 bits per heavy atom. The molecule has 0 saturated carbocycles. The topological polar surface area (TPSA) is 35.5 Å². The second-order valence-electron chi connectivity index (χ2n) is 3.99. The van der Waals surface area contributed by atoms with Crippen molar-refractivity contribution < 1.29 is 31.5 Å². The zero-order chi connectivity index (χ0) is 10.5. The lowest BCUT2D eigenvalue weighted by Gasteiger charge is -2.22. The van der Waals surface area contributed by atoms with Crippen molar-refractivity contribution in [3.63, 3.8) is 0 Å². The molecule has 0 aromatic rings. The molecular formula is C9H18ClNO3. The maximum Gasteiger partial charge on any atom is 0.368 e. The molecule has 0 heterocycles. The summed E-state index contributed by atoms with van der Waals surface area (Å²) >= 11 is 0. The normalized spacial score (nSPS) is 10.3.